The van der Waals surface area contributed by atoms with Crippen molar-refractivity contribution in [1.82, 2.24) is 9.55 Å². The standard InChI is InChI=1S/C20H27N2O10P/c1-6-20(4)16-14(31-18(20)22-9-7-15(23)21-19(22)25)11-29-33(26,32-16)28-10-8-13(27-5)17(24)30-12(2)3/h1,7,9,12-14,16,18H,8,10-11H2,2-5H3,(H,21,23,25)/t13-,14+,16+,18+,20+,33+/m0/s1. The fourth-order valence-corrected chi connectivity index (χ4v) is 5.13. The van der Waals surface area contributed by atoms with Crippen molar-refractivity contribution >= 4 is 13.8 Å². The molecule has 6 atom stereocenters. The third-order valence-corrected chi connectivity index (χ3v) is 6.78. The van der Waals surface area contributed by atoms with Crippen LogP contribution >= 0.6 is 7.82 Å². The van der Waals surface area contributed by atoms with Gasteiger partial charge in [0.05, 0.1) is 19.3 Å². The Labute approximate surface area is 190 Å². The lowest BCUT2D eigenvalue weighted by atomic mass is 9.83. The molecule has 0 bridgehead atoms. The zero-order valence-corrected chi connectivity index (χ0v) is 19.6. The molecule has 0 spiro atoms. The number of carbonyl (C=O) groups excluding carboxylic acids is 1. The number of rotatable bonds is 8. The summed E-state index contributed by atoms with van der Waals surface area (Å²) >= 11 is 0. The predicted octanol–water partition coefficient (Wildman–Crippen LogP) is 0.970. The number of aromatic amines is 1. The number of methoxy groups -OCH3 is 1. The number of nitrogens with one attached hydrogen (secondary N) is 1. The van der Waals surface area contributed by atoms with Gasteiger partial charge >= 0.3 is 19.5 Å². The monoisotopic (exact) mass is 486 g/mol. The topological polar surface area (TPSA) is 144 Å². The first-order valence-corrected chi connectivity index (χ1v) is 11.7. The van der Waals surface area contributed by atoms with Crippen molar-refractivity contribution in [2.75, 3.05) is 20.3 Å². The molecule has 1 N–H and O–H groups in total. The van der Waals surface area contributed by atoms with Crippen LogP contribution in [0, 0.1) is 17.8 Å². The van der Waals surface area contributed by atoms with Crippen LogP contribution in [0.25, 0.3) is 0 Å². The lowest BCUT2D eigenvalue weighted by Crippen LogP contribution is -2.43. The fraction of sp³-hybridized carbons (Fsp3) is 0.650. The van der Waals surface area contributed by atoms with Crippen LogP contribution in [-0.4, -0.2) is 60.3 Å². The number of hydrogen-bond donors (Lipinski definition) is 1. The molecule has 2 aliphatic heterocycles. The molecular weight excluding hydrogens is 459 g/mol. The molecule has 0 aromatic carbocycles. The van der Waals surface area contributed by atoms with Gasteiger partial charge in [0.25, 0.3) is 5.56 Å². The van der Waals surface area contributed by atoms with Gasteiger partial charge in [-0.1, -0.05) is 5.92 Å². The Morgan fingerprint density at radius 1 is 1.45 bits per heavy atom. The second-order valence-corrected chi connectivity index (χ2v) is 9.69. The highest BCUT2D eigenvalue weighted by molar-refractivity contribution is 7.48. The molecule has 2 saturated heterocycles. The molecular formula is C20H27N2O10P. The third-order valence-electron chi connectivity index (χ3n) is 5.33. The first kappa shape index (κ1) is 25.4. The number of phosphoric ester groups is 1. The summed E-state index contributed by atoms with van der Waals surface area (Å²) < 4.78 is 46.7. The maximum atomic E-state index is 13.1. The molecule has 0 saturated carbocycles. The van der Waals surface area contributed by atoms with E-state index in [0.29, 0.717) is 0 Å². The largest absolute Gasteiger partial charge is 0.475 e. The van der Waals surface area contributed by atoms with Crippen LogP contribution in [-0.2, 0) is 37.1 Å². The van der Waals surface area contributed by atoms with E-state index in [1.54, 1.807) is 20.8 Å². The van der Waals surface area contributed by atoms with E-state index < -0.39 is 55.0 Å². The van der Waals surface area contributed by atoms with E-state index in [2.05, 4.69) is 10.9 Å². The van der Waals surface area contributed by atoms with Crippen molar-refractivity contribution in [2.24, 2.45) is 5.41 Å². The minimum absolute atomic E-state index is 0.0468. The number of ether oxygens (including phenoxy) is 3. The lowest BCUT2D eigenvalue weighted by Gasteiger charge is -2.35. The van der Waals surface area contributed by atoms with Crippen LogP contribution in [0.2, 0.25) is 0 Å². The van der Waals surface area contributed by atoms with E-state index in [4.69, 9.17) is 34.2 Å². The van der Waals surface area contributed by atoms with Crippen molar-refractivity contribution in [2.45, 2.75) is 57.8 Å². The summed E-state index contributed by atoms with van der Waals surface area (Å²) in [5.41, 5.74) is -2.53. The Kier molecular flexibility index (Phi) is 7.63. The van der Waals surface area contributed by atoms with Crippen molar-refractivity contribution in [3.63, 3.8) is 0 Å². The normalized spacial score (nSPS) is 32.2. The van der Waals surface area contributed by atoms with Gasteiger partial charge in [-0.25, -0.2) is 14.2 Å². The Bertz CT molecular complexity index is 1080. The van der Waals surface area contributed by atoms with Gasteiger partial charge in [0, 0.05) is 25.8 Å². The van der Waals surface area contributed by atoms with Crippen LogP contribution in [0.5, 0.6) is 0 Å². The Morgan fingerprint density at radius 3 is 2.79 bits per heavy atom. The smallest absolute Gasteiger partial charge is 0.461 e. The van der Waals surface area contributed by atoms with Gasteiger partial charge in [-0.05, 0) is 20.8 Å². The summed E-state index contributed by atoms with van der Waals surface area (Å²) in [5.74, 6) is 2.00. The molecule has 12 nitrogen and oxygen atoms in total. The zero-order chi connectivity index (χ0) is 24.4. The second-order valence-electron chi connectivity index (χ2n) is 8.07. The highest BCUT2D eigenvalue weighted by Gasteiger charge is 2.60. The molecule has 1 aromatic heterocycles. The van der Waals surface area contributed by atoms with E-state index in [0.717, 1.165) is 10.6 Å². The summed E-state index contributed by atoms with van der Waals surface area (Å²) in [5, 5.41) is 0. The van der Waals surface area contributed by atoms with E-state index in [1.807, 2.05) is 0 Å². The van der Waals surface area contributed by atoms with Gasteiger partial charge in [0.2, 0.25) is 0 Å². The second kappa shape index (κ2) is 9.93. The lowest BCUT2D eigenvalue weighted by molar-refractivity contribution is -0.160. The number of phosphoric acid groups is 1. The first-order chi connectivity index (χ1) is 15.5. The van der Waals surface area contributed by atoms with E-state index in [-0.39, 0.29) is 25.7 Å². The number of esters is 1. The van der Waals surface area contributed by atoms with Crippen LogP contribution < -0.4 is 11.2 Å². The van der Waals surface area contributed by atoms with Gasteiger partial charge in [-0.2, -0.15) is 0 Å². The Morgan fingerprint density at radius 2 is 2.18 bits per heavy atom. The number of hydrogen-bond acceptors (Lipinski definition) is 10. The maximum Gasteiger partial charge on any atom is 0.475 e. The molecule has 33 heavy (non-hydrogen) atoms. The number of aromatic nitrogens is 2. The highest BCUT2D eigenvalue weighted by atomic mass is 31.2. The minimum Gasteiger partial charge on any atom is -0.461 e. The summed E-state index contributed by atoms with van der Waals surface area (Å²) in [6.07, 6.45) is 3.15. The molecule has 3 rings (SSSR count). The Balaban J connectivity index is 1.71. The molecule has 0 radical (unpaired) electrons. The summed E-state index contributed by atoms with van der Waals surface area (Å²) in [6, 6.07) is 1.16. The number of carbonyl (C=O) groups is 1. The molecule has 3 heterocycles. The van der Waals surface area contributed by atoms with Crippen LogP contribution in [0.15, 0.2) is 21.9 Å². The third kappa shape index (κ3) is 5.30. The van der Waals surface area contributed by atoms with Gasteiger partial charge in [0.1, 0.15) is 17.6 Å². The van der Waals surface area contributed by atoms with Crippen LogP contribution in [0.4, 0.5) is 0 Å². The van der Waals surface area contributed by atoms with Gasteiger partial charge in [-0.15, -0.1) is 6.42 Å². The SMILES string of the molecule is C#C[C@]1(C)[C@@H]2O[P@](=O)(OCC[C@H](OC)C(=O)OC(C)C)OC[C@H]2O[C@H]1n1ccc(=O)[nH]c1=O. The van der Waals surface area contributed by atoms with Gasteiger partial charge < -0.3 is 14.2 Å². The molecule has 182 valence electrons. The van der Waals surface area contributed by atoms with Crippen molar-refractivity contribution in [3.8, 4) is 12.3 Å². The van der Waals surface area contributed by atoms with Gasteiger partial charge in [-0.3, -0.25) is 27.9 Å². The summed E-state index contributed by atoms with van der Waals surface area (Å²) in [4.78, 5) is 37.8. The molecule has 0 unspecified atom stereocenters. The quantitative estimate of drug-likeness (QED) is 0.321. The number of terminal acetylenes is 1. The van der Waals surface area contributed by atoms with Crippen molar-refractivity contribution in [3.05, 3.63) is 33.1 Å². The Hall–Kier alpha value is -2.26. The number of nitrogens with zero attached hydrogens (tertiary/aromatic N) is 1. The maximum absolute atomic E-state index is 13.1. The minimum atomic E-state index is -4.07. The van der Waals surface area contributed by atoms with Crippen LogP contribution in [0.3, 0.4) is 0 Å². The average molecular weight is 486 g/mol. The zero-order valence-electron chi connectivity index (χ0n) is 18.7. The highest BCUT2D eigenvalue weighted by Crippen LogP contribution is 2.60. The summed E-state index contributed by atoms with van der Waals surface area (Å²) in [6.45, 7) is 4.67. The first-order valence-electron chi connectivity index (χ1n) is 10.3. The molecule has 0 amide bonds. The predicted molar refractivity (Wildman–Crippen MR) is 113 cm³/mol. The molecule has 13 heteroatoms. The molecule has 0 aliphatic carbocycles. The van der Waals surface area contributed by atoms with E-state index in [9.17, 15) is 18.9 Å². The molecule has 2 aliphatic rings. The molecule has 1 aromatic rings. The number of fused-ring (bicyclic) bond motifs is 1. The van der Waals surface area contributed by atoms with E-state index in [1.165, 1.54) is 13.3 Å². The van der Waals surface area contributed by atoms with Crippen LogP contribution in [0.1, 0.15) is 33.4 Å². The number of H-pyrrole nitrogens is 1. The molecule has 2 fully saturated rings. The fourth-order valence-electron chi connectivity index (χ4n) is 3.64. The average Bonchev–Trinajstić information content (AvgIpc) is 3.03. The van der Waals surface area contributed by atoms with Crippen molar-refractivity contribution in [1.29, 1.82) is 0 Å². The van der Waals surface area contributed by atoms with E-state index >= 15 is 0 Å². The van der Waals surface area contributed by atoms with Gasteiger partial charge in [0.15, 0.2) is 12.3 Å². The van der Waals surface area contributed by atoms with Crippen molar-refractivity contribution < 1.29 is 37.1 Å². The summed E-state index contributed by atoms with van der Waals surface area (Å²) in [7, 11) is -2.72.